The highest BCUT2D eigenvalue weighted by Crippen LogP contribution is 2.31. The van der Waals surface area contributed by atoms with Crippen molar-refractivity contribution in [1.82, 2.24) is 9.55 Å². The number of carboxylic acid groups (broad SMARTS) is 1. The number of carbonyl (C=O) groups is 1. The quantitative estimate of drug-likeness (QED) is 0.920. The van der Waals surface area contributed by atoms with Crippen LogP contribution in [0.1, 0.15) is 28.8 Å². The summed E-state index contributed by atoms with van der Waals surface area (Å²) in [5, 5.41) is 8.89. The summed E-state index contributed by atoms with van der Waals surface area (Å²) >= 11 is 0. The number of aromatic nitrogens is 2. The second-order valence-corrected chi connectivity index (χ2v) is 4.45. The van der Waals surface area contributed by atoms with Crippen LogP contribution in [0.4, 0.5) is 13.2 Å². The number of nitrogens with zero attached hydrogens (tertiary/aromatic N) is 2. The van der Waals surface area contributed by atoms with Crippen LogP contribution < -0.4 is 4.74 Å². The number of hydrogen-bond acceptors (Lipinski definition) is 3. The van der Waals surface area contributed by atoms with E-state index in [4.69, 9.17) is 9.84 Å². The molecule has 1 aromatic carbocycles. The number of rotatable bonds is 5. The van der Waals surface area contributed by atoms with Gasteiger partial charge in [0.1, 0.15) is 18.2 Å². The Labute approximate surface area is 124 Å². The molecular formula is C14H13F3N2O3. The minimum atomic E-state index is -4.45. The van der Waals surface area contributed by atoms with E-state index >= 15 is 0 Å². The van der Waals surface area contributed by atoms with Crippen molar-refractivity contribution in [3.8, 4) is 5.75 Å². The maximum absolute atomic E-state index is 12.6. The summed E-state index contributed by atoms with van der Waals surface area (Å²) in [4.78, 5) is 14.8. The molecule has 0 unspecified atom stereocenters. The van der Waals surface area contributed by atoms with Gasteiger partial charge in [0, 0.05) is 12.7 Å². The maximum Gasteiger partial charge on any atom is 0.416 e. The molecule has 1 N–H and O–H groups in total. The molecule has 0 saturated heterocycles. The van der Waals surface area contributed by atoms with Crippen LogP contribution in [0.5, 0.6) is 5.75 Å². The Hall–Kier alpha value is -2.51. The molecule has 22 heavy (non-hydrogen) atoms. The lowest BCUT2D eigenvalue weighted by atomic mass is 10.2. The minimum Gasteiger partial charge on any atom is -0.486 e. The second kappa shape index (κ2) is 6.08. The fraction of sp³-hybridized carbons (Fsp3) is 0.286. The van der Waals surface area contributed by atoms with Crippen molar-refractivity contribution in [2.45, 2.75) is 26.3 Å². The van der Waals surface area contributed by atoms with Crippen molar-refractivity contribution < 1.29 is 27.8 Å². The fourth-order valence-electron chi connectivity index (χ4n) is 1.86. The molecule has 0 saturated carbocycles. The lowest BCUT2D eigenvalue weighted by Crippen LogP contribution is -2.07. The van der Waals surface area contributed by atoms with E-state index in [1.165, 1.54) is 18.3 Å². The van der Waals surface area contributed by atoms with Gasteiger partial charge in [-0.2, -0.15) is 13.2 Å². The number of imidazole rings is 1. The molecule has 0 radical (unpaired) electrons. The number of alkyl halides is 3. The minimum absolute atomic E-state index is 0.0392. The normalized spacial score (nSPS) is 11.5. The summed E-state index contributed by atoms with van der Waals surface area (Å²) in [5.74, 6) is -0.804. The van der Waals surface area contributed by atoms with E-state index in [1.807, 2.05) is 0 Å². The first-order valence-electron chi connectivity index (χ1n) is 6.40. The average Bonchev–Trinajstić information content (AvgIpc) is 2.88. The van der Waals surface area contributed by atoms with Crippen molar-refractivity contribution in [2.24, 2.45) is 0 Å². The van der Waals surface area contributed by atoms with E-state index in [-0.39, 0.29) is 18.1 Å². The van der Waals surface area contributed by atoms with E-state index in [2.05, 4.69) is 4.98 Å². The Morgan fingerprint density at radius 1 is 1.41 bits per heavy atom. The molecule has 118 valence electrons. The van der Waals surface area contributed by atoms with Crippen LogP contribution in [0.2, 0.25) is 0 Å². The van der Waals surface area contributed by atoms with Gasteiger partial charge in [-0.05, 0) is 25.1 Å². The van der Waals surface area contributed by atoms with Crippen LogP contribution in [0, 0.1) is 0 Å². The third kappa shape index (κ3) is 3.57. The van der Waals surface area contributed by atoms with Crippen molar-refractivity contribution in [3.05, 3.63) is 47.5 Å². The van der Waals surface area contributed by atoms with Crippen molar-refractivity contribution in [1.29, 1.82) is 0 Å². The molecule has 0 aliphatic heterocycles. The predicted molar refractivity (Wildman–Crippen MR) is 70.6 cm³/mol. The first-order chi connectivity index (χ1) is 10.3. The van der Waals surface area contributed by atoms with E-state index in [0.717, 1.165) is 12.1 Å². The molecule has 0 aliphatic carbocycles. The zero-order valence-electron chi connectivity index (χ0n) is 11.6. The smallest absolute Gasteiger partial charge is 0.416 e. The second-order valence-electron chi connectivity index (χ2n) is 4.45. The zero-order chi connectivity index (χ0) is 16.3. The van der Waals surface area contributed by atoms with Gasteiger partial charge in [0.05, 0.1) is 5.56 Å². The molecule has 0 amide bonds. The SMILES string of the molecule is CCn1cc(C(=O)O)nc1COc1cccc(C(F)(F)F)c1. The molecule has 8 heteroatoms. The van der Waals surface area contributed by atoms with E-state index < -0.39 is 17.7 Å². The summed E-state index contributed by atoms with van der Waals surface area (Å²) in [6, 6.07) is 4.47. The zero-order valence-corrected chi connectivity index (χ0v) is 11.6. The number of ether oxygens (including phenoxy) is 1. The molecule has 0 fully saturated rings. The Morgan fingerprint density at radius 2 is 2.14 bits per heavy atom. The highest BCUT2D eigenvalue weighted by atomic mass is 19.4. The van der Waals surface area contributed by atoms with Crippen LogP contribution in [0.15, 0.2) is 30.5 Å². The molecule has 0 spiro atoms. The highest BCUT2D eigenvalue weighted by Gasteiger charge is 2.30. The first kappa shape index (κ1) is 15.9. The molecular weight excluding hydrogens is 301 g/mol. The molecule has 1 heterocycles. The Kier molecular flexibility index (Phi) is 4.39. The number of benzene rings is 1. The van der Waals surface area contributed by atoms with Gasteiger partial charge in [0.2, 0.25) is 0 Å². The molecule has 0 atom stereocenters. The average molecular weight is 314 g/mol. The Balaban J connectivity index is 2.15. The first-order valence-corrected chi connectivity index (χ1v) is 6.40. The number of aromatic carboxylic acids is 1. The van der Waals surface area contributed by atoms with Gasteiger partial charge in [-0.15, -0.1) is 0 Å². The van der Waals surface area contributed by atoms with Gasteiger partial charge in [-0.1, -0.05) is 6.07 Å². The number of hydrogen-bond donors (Lipinski definition) is 1. The number of aryl methyl sites for hydroxylation is 1. The van der Waals surface area contributed by atoms with Crippen LogP contribution in [-0.2, 0) is 19.3 Å². The molecule has 0 bridgehead atoms. The van der Waals surface area contributed by atoms with Gasteiger partial charge < -0.3 is 14.4 Å². The lowest BCUT2D eigenvalue weighted by Gasteiger charge is -2.10. The molecule has 2 rings (SSSR count). The summed E-state index contributed by atoms with van der Waals surface area (Å²) in [7, 11) is 0. The van der Waals surface area contributed by atoms with E-state index in [9.17, 15) is 18.0 Å². The standard InChI is InChI=1S/C14H13F3N2O3/c1-2-19-7-11(13(20)21)18-12(19)8-22-10-5-3-4-9(6-10)14(15,16)17/h3-7H,2,8H2,1H3,(H,20,21). The monoisotopic (exact) mass is 314 g/mol. The van der Waals surface area contributed by atoms with Crippen LogP contribution in [0.25, 0.3) is 0 Å². The largest absolute Gasteiger partial charge is 0.486 e. The molecule has 0 aliphatic rings. The summed E-state index contributed by atoms with van der Waals surface area (Å²) in [6.07, 6.45) is -3.09. The summed E-state index contributed by atoms with van der Waals surface area (Å²) in [6.45, 7) is 2.14. The highest BCUT2D eigenvalue weighted by molar-refractivity contribution is 5.85. The topological polar surface area (TPSA) is 64.4 Å². The summed E-state index contributed by atoms with van der Waals surface area (Å²) < 4.78 is 44.7. The number of halogens is 3. The van der Waals surface area contributed by atoms with Gasteiger partial charge in [0.25, 0.3) is 0 Å². The maximum atomic E-state index is 12.6. The third-order valence-electron chi connectivity index (χ3n) is 2.95. The van der Waals surface area contributed by atoms with Crippen molar-refractivity contribution in [2.75, 3.05) is 0 Å². The van der Waals surface area contributed by atoms with Gasteiger partial charge >= 0.3 is 12.1 Å². The number of carboxylic acids is 1. The lowest BCUT2D eigenvalue weighted by molar-refractivity contribution is -0.137. The van der Waals surface area contributed by atoms with E-state index in [1.54, 1.807) is 11.5 Å². The fourth-order valence-corrected chi connectivity index (χ4v) is 1.86. The van der Waals surface area contributed by atoms with Gasteiger partial charge in [0.15, 0.2) is 5.69 Å². The van der Waals surface area contributed by atoms with Crippen LogP contribution in [-0.4, -0.2) is 20.6 Å². The van der Waals surface area contributed by atoms with E-state index in [0.29, 0.717) is 12.4 Å². The van der Waals surface area contributed by atoms with Crippen LogP contribution >= 0.6 is 0 Å². The third-order valence-corrected chi connectivity index (χ3v) is 2.95. The Bertz CT molecular complexity index is 680. The Morgan fingerprint density at radius 3 is 2.73 bits per heavy atom. The van der Waals surface area contributed by atoms with Gasteiger partial charge in [-0.3, -0.25) is 0 Å². The van der Waals surface area contributed by atoms with Crippen molar-refractivity contribution in [3.63, 3.8) is 0 Å². The van der Waals surface area contributed by atoms with Gasteiger partial charge in [-0.25, -0.2) is 9.78 Å². The summed E-state index contributed by atoms with van der Waals surface area (Å²) in [5.41, 5.74) is -0.945. The van der Waals surface area contributed by atoms with Crippen molar-refractivity contribution >= 4 is 5.97 Å². The molecule has 5 nitrogen and oxygen atoms in total. The molecule has 2 aromatic rings. The van der Waals surface area contributed by atoms with Crippen LogP contribution in [0.3, 0.4) is 0 Å². The predicted octanol–water partition coefficient (Wildman–Crippen LogP) is 3.20. The molecule has 1 aromatic heterocycles.